The lowest BCUT2D eigenvalue weighted by Gasteiger charge is -2.15. The van der Waals surface area contributed by atoms with Crippen LogP contribution in [0.4, 0.5) is 4.79 Å². The smallest absolute Gasteiger partial charge is 0.315 e. The van der Waals surface area contributed by atoms with Crippen LogP contribution < -0.4 is 10.6 Å². The van der Waals surface area contributed by atoms with E-state index in [1.54, 1.807) is 0 Å². The molecule has 0 bridgehead atoms. The van der Waals surface area contributed by atoms with Crippen LogP contribution in [0, 0.1) is 20.8 Å². The number of aryl methyl sites for hydroxylation is 3. The van der Waals surface area contributed by atoms with Gasteiger partial charge in [0, 0.05) is 19.2 Å². The molecule has 0 aliphatic carbocycles. The summed E-state index contributed by atoms with van der Waals surface area (Å²) >= 11 is 0. The van der Waals surface area contributed by atoms with Gasteiger partial charge in [0.2, 0.25) is 0 Å². The van der Waals surface area contributed by atoms with Crippen molar-refractivity contribution < 1.29 is 9.90 Å². The van der Waals surface area contributed by atoms with Crippen LogP contribution in [-0.2, 0) is 6.42 Å². The SMILES string of the molecule is Cc1cc(C)c(CCNC(=O)NC(C)CCCO)c(C)c1. The Labute approximate surface area is 128 Å². The van der Waals surface area contributed by atoms with Gasteiger partial charge in [-0.25, -0.2) is 4.79 Å². The quantitative estimate of drug-likeness (QED) is 0.723. The van der Waals surface area contributed by atoms with E-state index in [1.807, 2.05) is 6.92 Å². The van der Waals surface area contributed by atoms with Crippen molar-refractivity contribution in [3.8, 4) is 0 Å². The molecule has 3 N–H and O–H groups in total. The average molecular weight is 292 g/mol. The van der Waals surface area contributed by atoms with E-state index in [4.69, 9.17) is 5.11 Å². The first-order chi connectivity index (χ1) is 9.93. The Kier molecular flexibility index (Phi) is 7.23. The molecule has 0 aromatic heterocycles. The minimum Gasteiger partial charge on any atom is -0.396 e. The molecule has 4 nitrogen and oxygen atoms in total. The monoisotopic (exact) mass is 292 g/mol. The first-order valence-electron chi connectivity index (χ1n) is 7.66. The molecule has 4 heteroatoms. The van der Waals surface area contributed by atoms with E-state index in [-0.39, 0.29) is 18.7 Å². The molecular formula is C17H28N2O2. The highest BCUT2D eigenvalue weighted by atomic mass is 16.3. The molecule has 0 saturated carbocycles. The first-order valence-corrected chi connectivity index (χ1v) is 7.66. The number of rotatable bonds is 7. The fraction of sp³-hybridized carbons (Fsp3) is 0.588. The van der Waals surface area contributed by atoms with Gasteiger partial charge in [0.1, 0.15) is 0 Å². The molecule has 0 aliphatic rings. The van der Waals surface area contributed by atoms with Crippen LogP contribution >= 0.6 is 0 Å². The number of hydrogen-bond donors (Lipinski definition) is 3. The summed E-state index contributed by atoms with van der Waals surface area (Å²) in [5, 5.41) is 14.5. The second-order valence-electron chi connectivity index (χ2n) is 5.79. The van der Waals surface area contributed by atoms with Crippen molar-refractivity contribution in [2.75, 3.05) is 13.2 Å². The zero-order chi connectivity index (χ0) is 15.8. The van der Waals surface area contributed by atoms with E-state index in [0.717, 1.165) is 12.8 Å². The molecular weight excluding hydrogens is 264 g/mol. The third-order valence-corrected chi connectivity index (χ3v) is 3.67. The standard InChI is InChI=1S/C17H28N2O2/c1-12-10-13(2)16(14(3)11-12)7-8-18-17(21)19-15(4)6-5-9-20/h10-11,15,20H,5-9H2,1-4H3,(H2,18,19,21). The summed E-state index contributed by atoms with van der Waals surface area (Å²) in [6, 6.07) is 4.31. The van der Waals surface area contributed by atoms with Crippen molar-refractivity contribution in [1.29, 1.82) is 0 Å². The number of benzene rings is 1. The Balaban J connectivity index is 2.38. The van der Waals surface area contributed by atoms with Crippen LogP contribution in [0.5, 0.6) is 0 Å². The van der Waals surface area contributed by atoms with Crippen LogP contribution in [-0.4, -0.2) is 30.3 Å². The van der Waals surface area contributed by atoms with Gasteiger partial charge in [0.15, 0.2) is 0 Å². The number of hydrogen-bond acceptors (Lipinski definition) is 2. The molecule has 0 fully saturated rings. The normalized spacial score (nSPS) is 12.0. The number of aliphatic hydroxyl groups is 1. The Bertz CT molecular complexity index is 449. The highest BCUT2D eigenvalue weighted by Gasteiger charge is 2.07. The van der Waals surface area contributed by atoms with Crippen LogP contribution in [0.15, 0.2) is 12.1 Å². The molecule has 0 saturated heterocycles. The van der Waals surface area contributed by atoms with Crippen molar-refractivity contribution in [3.63, 3.8) is 0 Å². The molecule has 118 valence electrons. The second-order valence-corrected chi connectivity index (χ2v) is 5.79. The Morgan fingerprint density at radius 2 is 1.86 bits per heavy atom. The molecule has 2 amide bonds. The molecule has 1 atom stereocenters. The molecule has 1 rings (SSSR count). The lowest BCUT2D eigenvalue weighted by molar-refractivity contribution is 0.234. The topological polar surface area (TPSA) is 61.4 Å². The van der Waals surface area contributed by atoms with Crippen molar-refractivity contribution in [1.82, 2.24) is 10.6 Å². The highest BCUT2D eigenvalue weighted by molar-refractivity contribution is 5.74. The van der Waals surface area contributed by atoms with Gasteiger partial charge in [-0.05, 0) is 63.6 Å². The van der Waals surface area contributed by atoms with Gasteiger partial charge in [-0.15, -0.1) is 0 Å². The Hall–Kier alpha value is -1.55. The maximum atomic E-state index is 11.7. The van der Waals surface area contributed by atoms with E-state index in [0.29, 0.717) is 13.0 Å². The lowest BCUT2D eigenvalue weighted by Crippen LogP contribution is -2.41. The lowest BCUT2D eigenvalue weighted by atomic mass is 9.97. The zero-order valence-corrected chi connectivity index (χ0v) is 13.6. The number of amides is 2. The third kappa shape index (κ3) is 6.17. The number of aliphatic hydroxyl groups excluding tert-OH is 1. The zero-order valence-electron chi connectivity index (χ0n) is 13.6. The predicted octanol–water partition coefficient (Wildman–Crippen LogP) is 2.61. The highest BCUT2D eigenvalue weighted by Crippen LogP contribution is 2.16. The fourth-order valence-corrected chi connectivity index (χ4v) is 2.65. The fourth-order valence-electron chi connectivity index (χ4n) is 2.65. The summed E-state index contributed by atoms with van der Waals surface area (Å²) in [6.45, 7) is 9.08. The van der Waals surface area contributed by atoms with E-state index in [9.17, 15) is 4.79 Å². The summed E-state index contributed by atoms with van der Waals surface area (Å²) in [7, 11) is 0. The van der Waals surface area contributed by atoms with Crippen molar-refractivity contribution in [2.45, 2.75) is 53.0 Å². The summed E-state index contributed by atoms with van der Waals surface area (Å²) in [5.74, 6) is 0. The average Bonchev–Trinajstić information content (AvgIpc) is 2.39. The van der Waals surface area contributed by atoms with Crippen LogP contribution in [0.2, 0.25) is 0 Å². The van der Waals surface area contributed by atoms with Crippen LogP contribution in [0.3, 0.4) is 0 Å². The van der Waals surface area contributed by atoms with Crippen LogP contribution in [0.25, 0.3) is 0 Å². The van der Waals surface area contributed by atoms with Gasteiger partial charge in [-0.3, -0.25) is 0 Å². The van der Waals surface area contributed by atoms with Crippen molar-refractivity contribution in [3.05, 3.63) is 34.4 Å². The van der Waals surface area contributed by atoms with E-state index in [1.165, 1.54) is 22.3 Å². The number of carbonyl (C=O) groups excluding carboxylic acids is 1. The second kappa shape index (κ2) is 8.67. The summed E-state index contributed by atoms with van der Waals surface area (Å²) in [6.07, 6.45) is 2.35. The predicted molar refractivity (Wildman–Crippen MR) is 86.7 cm³/mol. The summed E-state index contributed by atoms with van der Waals surface area (Å²) < 4.78 is 0. The minimum absolute atomic E-state index is 0.0833. The maximum Gasteiger partial charge on any atom is 0.315 e. The molecule has 1 aromatic carbocycles. The van der Waals surface area contributed by atoms with Gasteiger partial charge < -0.3 is 15.7 Å². The molecule has 0 spiro atoms. The molecule has 21 heavy (non-hydrogen) atoms. The third-order valence-electron chi connectivity index (χ3n) is 3.67. The van der Waals surface area contributed by atoms with Crippen molar-refractivity contribution in [2.24, 2.45) is 0 Å². The molecule has 0 aliphatic heterocycles. The largest absolute Gasteiger partial charge is 0.396 e. The van der Waals surface area contributed by atoms with Crippen LogP contribution in [0.1, 0.15) is 42.0 Å². The van der Waals surface area contributed by atoms with Gasteiger partial charge in [0.25, 0.3) is 0 Å². The van der Waals surface area contributed by atoms with Crippen molar-refractivity contribution >= 4 is 6.03 Å². The maximum absolute atomic E-state index is 11.7. The first kappa shape index (κ1) is 17.5. The molecule has 0 heterocycles. The summed E-state index contributed by atoms with van der Waals surface area (Å²) in [5.41, 5.74) is 5.16. The minimum atomic E-state index is -0.136. The van der Waals surface area contributed by atoms with Gasteiger partial charge in [0.05, 0.1) is 0 Å². The Morgan fingerprint density at radius 1 is 1.24 bits per heavy atom. The van der Waals surface area contributed by atoms with Gasteiger partial charge >= 0.3 is 6.03 Å². The van der Waals surface area contributed by atoms with E-state index < -0.39 is 0 Å². The van der Waals surface area contributed by atoms with Gasteiger partial charge in [-0.2, -0.15) is 0 Å². The number of urea groups is 1. The molecule has 0 radical (unpaired) electrons. The Morgan fingerprint density at radius 3 is 2.43 bits per heavy atom. The molecule has 1 aromatic rings. The summed E-state index contributed by atoms with van der Waals surface area (Å²) in [4.78, 5) is 11.7. The van der Waals surface area contributed by atoms with E-state index >= 15 is 0 Å². The number of carbonyl (C=O) groups is 1. The van der Waals surface area contributed by atoms with E-state index in [2.05, 4.69) is 43.5 Å². The number of nitrogens with one attached hydrogen (secondary N) is 2. The van der Waals surface area contributed by atoms with Gasteiger partial charge in [-0.1, -0.05) is 17.7 Å². The molecule has 1 unspecified atom stereocenters.